The summed E-state index contributed by atoms with van der Waals surface area (Å²) in [6.07, 6.45) is 4.20. The SMILES string of the molecule is CC1CCCCN1CC(O)c1ccc2c(c1)OCCCO2. The van der Waals surface area contributed by atoms with Crippen LogP contribution < -0.4 is 9.47 Å². The second-order valence-corrected chi connectivity index (χ2v) is 6.11. The minimum absolute atomic E-state index is 0.470. The quantitative estimate of drug-likeness (QED) is 0.930. The number of β-amino-alcohol motifs (C(OH)–C–C–N with tert-alkyl or cyclic N) is 1. The van der Waals surface area contributed by atoms with E-state index in [0.717, 1.165) is 30.0 Å². The van der Waals surface area contributed by atoms with Gasteiger partial charge in [0.05, 0.1) is 19.3 Å². The predicted octanol–water partition coefficient (Wildman–Crippen LogP) is 2.76. The van der Waals surface area contributed by atoms with Crippen molar-refractivity contribution in [1.29, 1.82) is 0 Å². The zero-order chi connectivity index (χ0) is 14.7. The Hall–Kier alpha value is -1.26. The van der Waals surface area contributed by atoms with Gasteiger partial charge in [-0.1, -0.05) is 12.5 Å². The van der Waals surface area contributed by atoms with Crippen LogP contribution in [0.5, 0.6) is 11.5 Å². The molecule has 0 aromatic heterocycles. The van der Waals surface area contributed by atoms with E-state index in [9.17, 15) is 5.11 Å². The Morgan fingerprint density at radius 2 is 2.00 bits per heavy atom. The molecule has 2 aliphatic heterocycles. The topological polar surface area (TPSA) is 41.9 Å². The minimum Gasteiger partial charge on any atom is -0.490 e. The van der Waals surface area contributed by atoms with Crippen LogP contribution in [-0.4, -0.2) is 42.4 Å². The first kappa shape index (κ1) is 14.7. The summed E-state index contributed by atoms with van der Waals surface area (Å²) in [4.78, 5) is 2.39. The Bertz CT molecular complexity index is 477. The molecule has 0 saturated carbocycles. The third-order valence-electron chi connectivity index (χ3n) is 4.50. The fourth-order valence-corrected chi connectivity index (χ4v) is 3.14. The zero-order valence-electron chi connectivity index (χ0n) is 12.8. The largest absolute Gasteiger partial charge is 0.490 e. The van der Waals surface area contributed by atoms with E-state index in [4.69, 9.17) is 9.47 Å². The maximum atomic E-state index is 10.5. The molecule has 1 aromatic rings. The van der Waals surface area contributed by atoms with Gasteiger partial charge in [0.2, 0.25) is 0 Å². The summed E-state index contributed by atoms with van der Waals surface area (Å²) in [5, 5.41) is 10.5. The second-order valence-electron chi connectivity index (χ2n) is 6.11. The molecule has 4 heteroatoms. The molecule has 1 N–H and O–H groups in total. The second kappa shape index (κ2) is 6.67. The molecule has 0 amide bonds. The summed E-state index contributed by atoms with van der Waals surface area (Å²) in [6.45, 7) is 5.40. The lowest BCUT2D eigenvalue weighted by atomic mass is 10.0. The Labute approximate surface area is 126 Å². The van der Waals surface area contributed by atoms with Gasteiger partial charge in [-0.15, -0.1) is 0 Å². The highest BCUT2D eigenvalue weighted by molar-refractivity contribution is 5.44. The molecule has 2 unspecified atom stereocenters. The van der Waals surface area contributed by atoms with E-state index < -0.39 is 6.10 Å². The van der Waals surface area contributed by atoms with Crippen LogP contribution in [0.1, 0.15) is 44.3 Å². The van der Waals surface area contributed by atoms with E-state index in [0.29, 0.717) is 25.8 Å². The summed E-state index contributed by atoms with van der Waals surface area (Å²) in [7, 11) is 0. The monoisotopic (exact) mass is 291 g/mol. The van der Waals surface area contributed by atoms with Crippen LogP contribution >= 0.6 is 0 Å². The van der Waals surface area contributed by atoms with E-state index in [1.807, 2.05) is 18.2 Å². The number of fused-ring (bicyclic) bond motifs is 1. The van der Waals surface area contributed by atoms with Gasteiger partial charge in [0.15, 0.2) is 11.5 Å². The van der Waals surface area contributed by atoms with Gasteiger partial charge in [-0.05, 0) is 44.0 Å². The predicted molar refractivity (Wildman–Crippen MR) is 81.9 cm³/mol. The lowest BCUT2D eigenvalue weighted by Gasteiger charge is -2.34. The van der Waals surface area contributed by atoms with Gasteiger partial charge in [0, 0.05) is 19.0 Å². The van der Waals surface area contributed by atoms with Gasteiger partial charge in [-0.3, -0.25) is 4.90 Å². The molecule has 0 radical (unpaired) electrons. The number of benzene rings is 1. The first-order valence-corrected chi connectivity index (χ1v) is 8.06. The highest BCUT2D eigenvalue weighted by Crippen LogP contribution is 2.33. The molecule has 1 fully saturated rings. The molecular weight excluding hydrogens is 266 g/mol. The summed E-state index contributed by atoms with van der Waals surface area (Å²) in [5.74, 6) is 1.55. The van der Waals surface area contributed by atoms with Crippen molar-refractivity contribution in [1.82, 2.24) is 4.90 Å². The van der Waals surface area contributed by atoms with Gasteiger partial charge < -0.3 is 14.6 Å². The lowest BCUT2D eigenvalue weighted by Crippen LogP contribution is -2.40. The standard InChI is InChI=1S/C17H25NO3/c1-13-5-2-3-8-18(13)12-15(19)14-6-7-16-17(11-14)21-10-4-9-20-16/h6-7,11,13,15,19H,2-5,8-10,12H2,1H3. The van der Waals surface area contributed by atoms with Crippen molar-refractivity contribution in [3.05, 3.63) is 23.8 Å². The van der Waals surface area contributed by atoms with Crippen LogP contribution in [0.2, 0.25) is 0 Å². The fourth-order valence-electron chi connectivity index (χ4n) is 3.14. The van der Waals surface area contributed by atoms with E-state index in [1.54, 1.807) is 0 Å². The van der Waals surface area contributed by atoms with Crippen molar-refractivity contribution in [3.8, 4) is 11.5 Å². The summed E-state index contributed by atoms with van der Waals surface area (Å²) in [5.41, 5.74) is 0.914. The smallest absolute Gasteiger partial charge is 0.161 e. The Morgan fingerprint density at radius 1 is 1.19 bits per heavy atom. The van der Waals surface area contributed by atoms with Crippen LogP contribution in [0.15, 0.2) is 18.2 Å². The number of ether oxygens (including phenoxy) is 2. The van der Waals surface area contributed by atoms with Crippen molar-refractivity contribution in [2.24, 2.45) is 0 Å². The van der Waals surface area contributed by atoms with Crippen molar-refractivity contribution < 1.29 is 14.6 Å². The van der Waals surface area contributed by atoms with E-state index in [2.05, 4.69) is 11.8 Å². The molecule has 2 aliphatic rings. The van der Waals surface area contributed by atoms with Gasteiger partial charge in [0.1, 0.15) is 0 Å². The number of likely N-dealkylation sites (tertiary alicyclic amines) is 1. The number of hydrogen-bond acceptors (Lipinski definition) is 4. The number of rotatable bonds is 3. The first-order chi connectivity index (χ1) is 10.2. The van der Waals surface area contributed by atoms with Gasteiger partial charge in [0.25, 0.3) is 0 Å². The molecule has 21 heavy (non-hydrogen) atoms. The molecule has 0 bridgehead atoms. The van der Waals surface area contributed by atoms with Crippen LogP contribution in [0.4, 0.5) is 0 Å². The third-order valence-corrected chi connectivity index (χ3v) is 4.50. The molecule has 4 nitrogen and oxygen atoms in total. The average Bonchev–Trinajstić information content (AvgIpc) is 2.74. The Kier molecular flexibility index (Phi) is 4.66. The van der Waals surface area contributed by atoms with E-state index in [-0.39, 0.29) is 0 Å². The Morgan fingerprint density at radius 3 is 2.81 bits per heavy atom. The summed E-state index contributed by atoms with van der Waals surface area (Å²) in [6, 6.07) is 6.36. The maximum absolute atomic E-state index is 10.5. The number of hydrogen-bond donors (Lipinski definition) is 1. The molecule has 0 spiro atoms. The molecule has 3 rings (SSSR count). The molecule has 116 valence electrons. The van der Waals surface area contributed by atoms with E-state index in [1.165, 1.54) is 19.3 Å². The fraction of sp³-hybridized carbons (Fsp3) is 0.647. The van der Waals surface area contributed by atoms with Crippen LogP contribution in [0, 0.1) is 0 Å². The maximum Gasteiger partial charge on any atom is 0.161 e. The zero-order valence-corrected chi connectivity index (χ0v) is 12.8. The number of aliphatic hydroxyl groups excluding tert-OH is 1. The summed E-state index contributed by atoms with van der Waals surface area (Å²) >= 11 is 0. The molecule has 1 saturated heterocycles. The number of aliphatic hydroxyl groups is 1. The molecule has 2 atom stereocenters. The third kappa shape index (κ3) is 3.50. The molecular formula is C17H25NO3. The van der Waals surface area contributed by atoms with Gasteiger partial charge >= 0.3 is 0 Å². The summed E-state index contributed by atoms with van der Waals surface area (Å²) < 4.78 is 11.3. The van der Waals surface area contributed by atoms with Crippen LogP contribution in [0.3, 0.4) is 0 Å². The first-order valence-electron chi connectivity index (χ1n) is 8.06. The molecule has 0 aliphatic carbocycles. The lowest BCUT2D eigenvalue weighted by molar-refractivity contribution is 0.0731. The van der Waals surface area contributed by atoms with Crippen molar-refractivity contribution in [3.63, 3.8) is 0 Å². The average molecular weight is 291 g/mol. The number of piperidine rings is 1. The van der Waals surface area contributed by atoms with Gasteiger partial charge in [-0.2, -0.15) is 0 Å². The van der Waals surface area contributed by atoms with Crippen LogP contribution in [-0.2, 0) is 0 Å². The normalized spacial score (nSPS) is 24.4. The van der Waals surface area contributed by atoms with Crippen molar-refractivity contribution in [2.75, 3.05) is 26.3 Å². The minimum atomic E-state index is -0.470. The highest BCUT2D eigenvalue weighted by Gasteiger charge is 2.22. The van der Waals surface area contributed by atoms with Gasteiger partial charge in [-0.25, -0.2) is 0 Å². The Balaban J connectivity index is 1.69. The number of nitrogens with zero attached hydrogens (tertiary/aromatic N) is 1. The van der Waals surface area contributed by atoms with Crippen LogP contribution in [0.25, 0.3) is 0 Å². The molecule has 2 heterocycles. The van der Waals surface area contributed by atoms with E-state index >= 15 is 0 Å². The molecule has 1 aromatic carbocycles. The van der Waals surface area contributed by atoms with Crippen molar-refractivity contribution >= 4 is 0 Å². The van der Waals surface area contributed by atoms with Crippen molar-refractivity contribution in [2.45, 2.75) is 44.8 Å². The highest BCUT2D eigenvalue weighted by atomic mass is 16.5.